The second-order valence-electron chi connectivity index (χ2n) is 3.49. The zero-order valence-electron chi connectivity index (χ0n) is 8.86. The highest BCUT2D eigenvalue weighted by Crippen LogP contribution is 1.93. The van der Waals surface area contributed by atoms with E-state index in [4.69, 9.17) is 9.84 Å². The summed E-state index contributed by atoms with van der Waals surface area (Å²) in [4.78, 5) is 0. The molecule has 0 heterocycles. The number of methoxy groups -OCH3 is 1. The standard InChI is InChI=1S/C8H19NO4S/c1-7(6-14(3,11)12)9-8(4-10)5-13-2/h7-10H,4-6H2,1-3H3. The van der Waals surface area contributed by atoms with E-state index >= 15 is 0 Å². The Balaban J connectivity index is 3.96. The molecule has 0 aliphatic rings. The van der Waals surface area contributed by atoms with E-state index in [1.54, 1.807) is 6.92 Å². The predicted octanol–water partition coefficient (Wildman–Crippen LogP) is -0.984. The van der Waals surface area contributed by atoms with Crippen molar-refractivity contribution in [2.24, 2.45) is 0 Å². The van der Waals surface area contributed by atoms with E-state index in [0.29, 0.717) is 6.61 Å². The molecule has 0 aromatic rings. The summed E-state index contributed by atoms with van der Waals surface area (Å²) in [6, 6.07) is -0.394. The number of sulfone groups is 1. The minimum absolute atomic E-state index is 0.0627. The summed E-state index contributed by atoms with van der Waals surface area (Å²) in [7, 11) is -1.44. The molecule has 0 aliphatic carbocycles. The van der Waals surface area contributed by atoms with Gasteiger partial charge >= 0.3 is 0 Å². The Kier molecular flexibility index (Phi) is 6.26. The van der Waals surface area contributed by atoms with Crippen LogP contribution in [-0.4, -0.2) is 57.9 Å². The molecule has 0 bridgehead atoms. The number of hydrogen-bond acceptors (Lipinski definition) is 5. The minimum Gasteiger partial charge on any atom is -0.395 e. The Morgan fingerprint density at radius 2 is 2.07 bits per heavy atom. The lowest BCUT2D eigenvalue weighted by molar-refractivity contribution is 0.124. The van der Waals surface area contributed by atoms with Gasteiger partial charge in [0.05, 0.1) is 25.0 Å². The second-order valence-corrected chi connectivity index (χ2v) is 5.68. The van der Waals surface area contributed by atoms with Crippen LogP contribution in [0.3, 0.4) is 0 Å². The predicted molar refractivity (Wildman–Crippen MR) is 55.1 cm³/mol. The Bertz CT molecular complexity index is 240. The van der Waals surface area contributed by atoms with Crippen molar-refractivity contribution in [1.29, 1.82) is 0 Å². The van der Waals surface area contributed by atoms with Crippen LogP contribution in [0.1, 0.15) is 6.92 Å². The van der Waals surface area contributed by atoms with Crippen LogP contribution in [0.25, 0.3) is 0 Å². The third-order valence-electron chi connectivity index (χ3n) is 1.66. The van der Waals surface area contributed by atoms with E-state index in [9.17, 15) is 8.42 Å². The highest BCUT2D eigenvalue weighted by molar-refractivity contribution is 7.90. The number of aliphatic hydroxyl groups excluding tert-OH is 1. The van der Waals surface area contributed by atoms with Crippen molar-refractivity contribution in [3.05, 3.63) is 0 Å². The Hall–Kier alpha value is -0.170. The smallest absolute Gasteiger partial charge is 0.148 e. The maximum atomic E-state index is 10.9. The van der Waals surface area contributed by atoms with Crippen LogP contribution in [0.15, 0.2) is 0 Å². The lowest BCUT2D eigenvalue weighted by Crippen LogP contribution is -2.44. The Labute approximate surface area is 85.4 Å². The molecular weight excluding hydrogens is 206 g/mol. The van der Waals surface area contributed by atoms with E-state index in [-0.39, 0.29) is 24.4 Å². The van der Waals surface area contributed by atoms with E-state index in [2.05, 4.69) is 5.32 Å². The van der Waals surface area contributed by atoms with Crippen molar-refractivity contribution >= 4 is 9.84 Å². The minimum atomic E-state index is -2.98. The summed E-state index contributed by atoms with van der Waals surface area (Å²) in [6.07, 6.45) is 1.19. The van der Waals surface area contributed by atoms with Gasteiger partial charge in [-0.3, -0.25) is 0 Å². The summed E-state index contributed by atoms with van der Waals surface area (Å²) in [6.45, 7) is 2.06. The van der Waals surface area contributed by atoms with E-state index in [0.717, 1.165) is 0 Å². The lowest BCUT2D eigenvalue weighted by Gasteiger charge is -2.20. The van der Waals surface area contributed by atoms with Crippen molar-refractivity contribution in [1.82, 2.24) is 5.32 Å². The van der Waals surface area contributed by atoms with Crippen molar-refractivity contribution in [2.75, 3.05) is 32.3 Å². The molecule has 2 N–H and O–H groups in total. The van der Waals surface area contributed by atoms with Gasteiger partial charge in [0.2, 0.25) is 0 Å². The summed E-state index contributed by atoms with van der Waals surface area (Å²) in [5, 5.41) is 11.9. The van der Waals surface area contributed by atoms with Crippen LogP contribution in [-0.2, 0) is 14.6 Å². The maximum Gasteiger partial charge on any atom is 0.148 e. The average Bonchev–Trinajstić information content (AvgIpc) is 2.00. The highest BCUT2D eigenvalue weighted by atomic mass is 32.2. The molecule has 0 fully saturated rings. The van der Waals surface area contributed by atoms with Gasteiger partial charge in [0.25, 0.3) is 0 Å². The topological polar surface area (TPSA) is 75.6 Å². The molecule has 14 heavy (non-hydrogen) atoms. The molecule has 6 heteroatoms. The first-order valence-electron chi connectivity index (χ1n) is 4.42. The largest absolute Gasteiger partial charge is 0.395 e. The summed E-state index contributed by atoms with van der Waals surface area (Å²) < 4.78 is 26.7. The molecule has 0 spiro atoms. The van der Waals surface area contributed by atoms with Crippen molar-refractivity contribution in [3.8, 4) is 0 Å². The van der Waals surface area contributed by atoms with Gasteiger partial charge in [-0.25, -0.2) is 8.42 Å². The van der Waals surface area contributed by atoms with Crippen LogP contribution in [0, 0.1) is 0 Å². The van der Waals surface area contributed by atoms with E-state index in [1.165, 1.54) is 13.4 Å². The molecule has 0 aliphatic heterocycles. The summed E-state index contributed by atoms with van der Waals surface area (Å²) in [5.41, 5.74) is 0. The van der Waals surface area contributed by atoms with Gasteiger partial charge < -0.3 is 15.2 Å². The fourth-order valence-electron chi connectivity index (χ4n) is 1.26. The molecule has 2 atom stereocenters. The van der Waals surface area contributed by atoms with Crippen molar-refractivity contribution < 1.29 is 18.3 Å². The number of nitrogens with one attached hydrogen (secondary N) is 1. The normalized spacial score (nSPS) is 16.6. The third kappa shape index (κ3) is 7.25. The molecule has 86 valence electrons. The number of rotatable bonds is 7. The van der Waals surface area contributed by atoms with E-state index < -0.39 is 9.84 Å². The van der Waals surface area contributed by atoms with Crippen molar-refractivity contribution in [3.63, 3.8) is 0 Å². The van der Waals surface area contributed by atoms with Gasteiger partial charge in [0.1, 0.15) is 9.84 Å². The molecule has 0 saturated carbocycles. The molecule has 2 unspecified atom stereocenters. The lowest BCUT2D eigenvalue weighted by atomic mass is 10.3. The van der Waals surface area contributed by atoms with Gasteiger partial charge in [-0.1, -0.05) is 0 Å². The van der Waals surface area contributed by atoms with Gasteiger partial charge in [0, 0.05) is 19.4 Å². The van der Waals surface area contributed by atoms with Crippen LogP contribution >= 0.6 is 0 Å². The van der Waals surface area contributed by atoms with Crippen LogP contribution < -0.4 is 5.32 Å². The first-order valence-corrected chi connectivity index (χ1v) is 6.48. The molecular formula is C8H19NO4S. The van der Waals surface area contributed by atoms with Gasteiger partial charge in [-0.15, -0.1) is 0 Å². The quantitative estimate of drug-likeness (QED) is 0.582. The molecule has 0 aromatic carbocycles. The van der Waals surface area contributed by atoms with Gasteiger partial charge in [0.15, 0.2) is 0 Å². The van der Waals surface area contributed by atoms with Gasteiger partial charge in [-0.2, -0.15) is 0 Å². The highest BCUT2D eigenvalue weighted by Gasteiger charge is 2.14. The SMILES string of the molecule is COCC(CO)NC(C)CS(C)(=O)=O. The summed E-state index contributed by atoms with van der Waals surface area (Å²) >= 11 is 0. The second kappa shape index (κ2) is 6.34. The molecule has 0 saturated heterocycles. The number of hydrogen-bond donors (Lipinski definition) is 2. The monoisotopic (exact) mass is 225 g/mol. The van der Waals surface area contributed by atoms with E-state index in [1.807, 2.05) is 0 Å². The number of ether oxygens (including phenoxy) is 1. The molecule has 0 radical (unpaired) electrons. The van der Waals surface area contributed by atoms with Crippen LogP contribution in [0.4, 0.5) is 0 Å². The Morgan fingerprint density at radius 3 is 2.43 bits per heavy atom. The first kappa shape index (κ1) is 13.8. The van der Waals surface area contributed by atoms with Crippen LogP contribution in [0.5, 0.6) is 0 Å². The molecule has 5 nitrogen and oxygen atoms in total. The molecule has 0 rings (SSSR count). The number of aliphatic hydroxyl groups is 1. The Morgan fingerprint density at radius 1 is 1.50 bits per heavy atom. The first-order chi connectivity index (χ1) is 6.39. The zero-order chi connectivity index (χ0) is 11.2. The fraction of sp³-hybridized carbons (Fsp3) is 1.00. The zero-order valence-corrected chi connectivity index (χ0v) is 9.67. The van der Waals surface area contributed by atoms with Crippen molar-refractivity contribution in [2.45, 2.75) is 19.0 Å². The van der Waals surface area contributed by atoms with Crippen LogP contribution in [0.2, 0.25) is 0 Å². The average molecular weight is 225 g/mol. The van der Waals surface area contributed by atoms with Gasteiger partial charge in [-0.05, 0) is 6.92 Å². The summed E-state index contributed by atoms with van der Waals surface area (Å²) in [5.74, 6) is 0.0627. The maximum absolute atomic E-state index is 10.9. The molecule has 0 aromatic heterocycles. The third-order valence-corrected chi connectivity index (χ3v) is 2.77. The molecule has 0 amide bonds. The fourth-order valence-corrected chi connectivity index (χ4v) is 2.26.